The molecule has 1 aromatic rings. The van der Waals surface area contributed by atoms with Gasteiger partial charge in [0.05, 0.1) is 25.3 Å². The summed E-state index contributed by atoms with van der Waals surface area (Å²) < 4.78 is 42.0. The van der Waals surface area contributed by atoms with Crippen LogP contribution in [0.5, 0.6) is 0 Å². The van der Waals surface area contributed by atoms with E-state index in [1.807, 2.05) is 6.92 Å². The minimum absolute atomic E-state index is 0.0914. The number of alkyl halides is 3. The number of anilines is 1. The van der Waals surface area contributed by atoms with Gasteiger partial charge in [0.15, 0.2) is 0 Å². The maximum Gasteiger partial charge on any atom is 0.391 e. The minimum atomic E-state index is -4.18. The molecule has 16 heavy (non-hydrogen) atoms. The van der Waals surface area contributed by atoms with E-state index in [-0.39, 0.29) is 13.2 Å². The number of hydrogen-bond donors (Lipinski definition) is 1. The van der Waals surface area contributed by atoms with Gasteiger partial charge in [-0.25, -0.2) is 0 Å². The molecule has 0 aromatic carbocycles. The van der Waals surface area contributed by atoms with Gasteiger partial charge >= 0.3 is 6.18 Å². The molecule has 0 aliphatic carbocycles. The van der Waals surface area contributed by atoms with E-state index in [2.05, 4.69) is 5.10 Å². The van der Waals surface area contributed by atoms with Crippen LogP contribution >= 0.6 is 0 Å². The van der Waals surface area contributed by atoms with E-state index in [4.69, 9.17) is 10.5 Å². The number of aromatic nitrogens is 2. The fourth-order valence-electron chi connectivity index (χ4n) is 1.23. The Hall–Kier alpha value is -1.24. The molecule has 0 fully saturated rings. The topological polar surface area (TPSA) is 53.1 Å². The van der Waals surface area contributed by atoms with E-state index >= 15 is 0 Å². The first-order chi connectivity index (χ1) is 7.42. The average Bonchev–Trinajstić information content (AvgIpc) is 2.52. The Balaban J connectivity index is 2.37. The smallest absolute Gasteiger partial charge is 0.382 e. The number of nitrogens with two attached hydrogens (primary N) is 1. The molecule has 0 radical (unpaired) electrons. The van der Waals surface area contributed by atoms with Gasteiger partial charge < -0.3 is 10.5 Å². The Morgan fingerprint density at radius 2 is 2.19 bits per heavy atom. The van der Waals surface area contributed by atoms with Gasteiger partial charge in [0, 0.05) is 12.6 Å². The summed E-state index contributed by atoms with van der Waals surface area (Å²) in [5.41, 5.74) is 6.14. The van der Waals surface area contributed by atoms with Gasteiger partial charge in [0.1, 0.15) is 5.82 Å². The molecular weight excluding hydrogens is 223 g/mol. The molecule has 1 rings (SSSR count). The second-order valence-corrected chi connectivity index (χ2v) is 3.29. The van der Waals surface area contributed by atoms with Crippen molar-refractivity contribution in [2.24, 2.45) is 0 Å². The van der Waals surface area contributed by atoms with Crippen molar-refractivity contribution in [3.63, 3.8) is 0 Å². The van der Waals surface area contributed by atoms with Crippen LogP contribution in [-0.4, -0.2) is 22.6 Å². The quantitative estimate of drug-likeness (QED) is 0.796. The van der Waals surface area contributed by atoms with Gasteiger partial charge in [-0.05, 0) is 6.92 Å². The van der Waals surface area contributed by atoms with Crippen LogP contribution < -0.4 is 5.73 Å². The highest BCUT2D eigenvalue weighted by molar-refractivity contribution is 5.29. The maximum absolute atomic E-state index is 11.8. The number of rotatable bonds is 5. The molecule has 92 valence electrons. The fourth-order valence-corrected chi connectivity index (χ4v) is 1.23. The third-order valence-electron chi connectivity index (χ3n) is 1.96. The van der Waals surface area contributed by atoms with Crippen molar-refractivity contribution < 1.29 is 17.9 Å². The Labute approximate surface area is 91.2 Å². The lowest BCUT2D eigenvalue weighted by Gasteiger charge is -2.07. The molecule has 2 N–H and O–H groups in total. The van der Waals surface area contributed by atoms with Gasteiger partial charge in [-0.3, -0.25) is 4.68 Å². The third-order valence-corrected chi connectivity index (χ3v) is 1.96. The summed E-state index contributed by atoms with van der Waals surface area (Å²) in [6.07, 6.45) is -5.12. The van der Waals surface area contributed by atoms with E-state index in [9.17, 15) is 13.2 Å². The van der Waals surface area contributed by atoms with Crippen LogP contribution in [0.15, 0.2) is 6.07 Å². The van der Waals surface area contributed by atoms with Crippen molar-refractivity contribution >= 4 is 5.82 Å². The fraction of sp³-hybridized carbons (Fsp3) is 0.667. The molecule has 0 amide bonds. The summed E-state index contributed by atoms with van der Waals surface area (Å²) in [6.45, 7) is 2.22. The molecule has 7 heteroatoms. The molecule has 0 unspecified atom stereocenters. The van der Waals surface area contributed by atoms with Gasteiger partial charge in [-0.15, -0.1) is 0 Å². The summed E-state index contributed by atoms with van der Waals surface area (Å²) in [6, 6.07) is 1.59. The Morgan fingerprint density at radius 1 is 1.50 bits per heavy atom. The SMILES string of the molecule is CCn1nc(N)cc1COCCC(F)(F)F. The Bertz CT molecular complexity index is 335. The summed E-state index contributed by atoms with van der Waals surface area (Å²) >= 11 is 0. The summed E-state index contributed by atoms with van der Waals surface area (Å²) in [5, 5.41) is 3.95. The third kappa shape index (κ3) is 4.09. The number of aryl methyl sites for hydroxylation is 1. The van der Waals surface area contributed by atoms with Crippen LogP contribution in [-0.2, 0) is 17.9 Å². The first-order valence-electron chi connectivity index (χ1n) is 4.89. The van der Waals surface area contributed by atoms with E-state index < -0.39 is 12.6 Å². The zero-order valence-electron chi connectivity index (χ0n) is 8.92. The van der Waals surface area contributed by atoms with Crippen molar-refractivity contribution in [3.8, 4) is 0 Å². The predicted molar refractivity (Wildman–Crippen MR) is 52.6 cm³/mol. The number of nitrogen functional groups attached to an aromatic ring is 1. The van der Waals surface area contributed by atoms with Crippen molar-refractivity contribution in [1.29, 1.82) is 0 Å². The normalized spacial score (nSPS) is 12.0. The van der Waals surface area contributed by atoms with Gasteiger partial charge in [-0.1, -0.05) is 0 Å². The Kier molecular flexibility index (Phi) is 4.17. The highest BCUT2D eigenvalue weighted by atomic mass is 19.4. The van der Waals surface area contributed by atoms with Crippen molar-refractivity contribution in [3.05, 3.63) is 11.8 Å². The lowest BCUT2D eigenvalue weighted by molar-refractivity contribution is -0.146. The highest BCUT2D eigenvalue weighted by Gasteiger charge is 2.26. The van der Waals surface area contributed by atoms with Crippen LogP contribution in [0.2, 0.25) is 0 Å². The van der Waals surface area contributed by atoms with Gasteiger partial charge in [-0.2, -0.15) is 18.3 Å². The standard InChI is InChI=1S/C9H14F3N3O/c1-2-15-7(5-8(13)14-15)6-16-4-3-9(10,11)12/h5H,2-4,6H2,1H3,(H2,13,14). The zero-order valence-corrected chi connectivity index (χ0v) is 8.92. The summed E-state index contributed by atoms with van der Waals surface area (Å²) in [7, 11) is 0. The molecule has 0 saturated heterocycles. The maximum atomic E-state index is 11.8. The van der Waals surface area contributed by atoms with E-state index in [1.165, 1.54) is 0 Å². The Morgan fingerprint density at radius 3 is 2.75 bits per heavy atom. The van der Waals surface area contributed by atoms with Crippen LogP contribution in [0.4, 0.5) is 19.0 Å². The lowest BCUT2D eigenvalue weighted by Crippen LogP contribution is -2.12. The minimum Gasteiger partial charge on any atom is -0.382 e. The molecule has 1 heterocycles. The van der Waals surface area contributed by atoms with Crippen molar-refractivity contribution in [2.45, 2.75) is 32.7 Å². The van der Waals surface area contributed by atoms with Gasteiger partial charge in [0.25, 0.3) is 0 Å². The summed E-state index contributed by atoms with van der Waals surface area (Å²) in [5.74, 6) is 0.344. The first-order valence-corrected chi connectivity index (χ1v) is 4.89. The van der Waals surface area contributed by atoms with Crippen LogP contribution in [0.1, 0.15) is 19.0 Å². The summed E-state index contributed by atoms with van der Waals surface area (Å²) in [4.78, 5) is 0. The number of hydrogen-bond acceptors (Lipinski definition) is 3. The molecule has 0 bridgehead atoms. The van der Waals surface area contributed by atoms with Crippen LogP contribution in [0.3, 0.4) is 0 Å². The predicted octanol–water partition coefficient (Wildman–Crippen LogP) is 1.95. The van der Waals surface area contributed by atoms with Crippen LogP contribution in [0.25, 0.3) is 0 Å². The van der Waals surface area contributed by atoms with E-state index in [1.54, 1.807) is 10.7 Å². The first kappa shape index (κ1) is 12.8. The van der Waals surface area contributed by atoms with Crippen LogP contribution in [0, 0.1) is 0 Å². The molecular formula is C9H14F3N3O. The molecule has 0 aliphatic rings. The molecule has 0 saturated carbocycles. The second-order valence-electron chi connectivity index (χ2n) is 3.29. The molecule has 0 spiro atoms. The molecule has 0 atom stereocenters. The number of halogens is 3. The zero-order chi connectivity index (χ0) is 12.2. The van der Waals surface area contributed by atoms with Crippen molar-refractivity contribution in [1.82, 2.24) is 9.78 Å². The number of ether oxygens (including phenoxy) is 1. The monoisotopic (exact) mass is 237 g/mol. The molecule has 4 nitrogen and oxygen atoms in total. The number of nitrogens with zero attached hydrogens (tertiary/aromatic N) is 2. The largest absolute Gasteiger partial charge is 0.391 e. The average molecular weight is 237 g/mol. The molecule has 0 aliphatic heterocycles. The van der Waals surface area contributed by atoms with Gasteiger partial charge in [0.2, 0.25) is 0 Å². The van der Waals surface area contributed by atoms with E-state index in [0.29, 0.717) is 18.1 Å². The molecule has 1 aromatic heterocycles. The highest BCUT2D eigenvalue weighted by Crippen LogP contribution is 2.19. The second kappa shape index (κ2) is 5.20. The van der Waals surface area contributed by atoms with E-state index in [0.717, 1.165) is 0 Å². The van der Waals surface area contributed by atoms with Crippen molar-refractivity contribution in [2.75, 3.05) is 12.3 Å². The lowest BCUT2D eigenvalue weighted by atomic mass is 10.4.